The van der Waals surface area contributed by atoms with E-state index in [1.165, 1.54) is 0 Å². The summed E-state index contributed by atoms with van der Waals surface area (Å²) in [7, 11) is 0. The molecule has 0 spiro atoms. The van der Waals surface area contributed by atoms with E-state index >= 15 is 0 Å². The molecule has 0 aliphatic carbocycles. The summed E-state index contributed by atoms with van der Waals surface area (Å²) in [5, 5.41) is 6.71. The van der Waals surface area contributed by atoms with Crippen molar-refractivity contribution in [1.82, 2.24) is 10.6 Å². The van der Waals surface area contributed by atoms with E-state index in [-0.39, 0.29) is 11.9 Å². The number of benzene rings is 2. The summed E-state index contributed by atoms with van der Waals surface area (Å²) in [6, 6.07) is 14.7. The van der Waals surface area contributed by atoms with Crippen molar-refractivity contribution < 1.29 is 14.0 Å². The summed E-state index contributed by atoms with van der Waals surface area (Å²) in [4.78, 5) is 25.7. The molecule has 1 fully saturated rings. The van der Waals surface area contributed by atoms with Gasteiger partial charge in [-0.2, -0.15) is 0 Å². The van der Waals surface area contributed by atoms with Crippen molar-refractivity contribution in [3.63, 3.8) is 0 Å². The highest BCUT2D eigenvalue weighted by Crippen LogP contribution is 2.24. The Bertz CT molecular complexity index is 976. The molecule has 0 atom stereocenters. The molecule has 3 aromatic rings. The number of nitrogens with zero attached hydrogens (tertiary/aromatic N) is 1. The van der Waals surface area contributed by atoms with E-state index in [2.05, 4.69) is 10.6 Å². The van der Waals surface area contributed by atoms with Crippen LogP contribution in [0.5, 0.6) is 0 Å². The summed E-state index contributed by atoms with van der Waals surface area (Å²) in [6.07, 6.45) is 0. The van der Waals surface area contributed by atoms with Gasteiger partial charge in [-0.05, 0) is 37.3 Å². The summed E-state index contributed by atoms with van der Waals surface area (Å²) in [5.74, 6) is 0.576. The highest BCUT2D eigenvalue weighted by atomic mass is 16.3. The van der Waals surface area contributed by atoms with E-state index in [9.17, 15) is 9.59 Å². The van der Waals surface area contributed by atoms with Crippen LogP contribution in [0.4, 0.5) is 10.5 Å². The third-order valence-corrected chi connectivity index (χ3v) is 4.65. The van der Waals surface area contributed by atoms with Gasteiger partial charge in [0, 0.05) is 35.3 Å². The first kappa shape index (κ1) is 16.2. The van der Waals surface area contributed by atoms with Crippen molar-refractivity contribution in [2.24, 2.45) is 0 Å². The Kier molecular flexibility index (Phi) is 4.08. The molecule has 0 saturated carbocycles. The van der Waals surface area contributed by atoms with E-state index in [4.69, 9.17) is 4.42 Å². The molecule has 0 radical (unpaired) electrons. The predicted octanol–water partition coefficient (Wildman–Crippen LogP) is 3.20. The van der Waals surface area contributed by atoms with Gasteiger partial charge in [-0.15, -0.1) is 0 Å². The molecule has 2 N–H and O–H groups in total. The molecular weight excluding hydrogens is 330 g/mol. The van der Waals surface area contributed by atoms with Gasteiger partial charge in [-0.1, -0.05) is 18.2 Å². The average Bonchev–Trinajstić information content (AvgIpc) is 3.23. The number of fused-ring (bicyclic) bond motifs is 1. The number of hydrogen-bond acceptors (Lipinski definition) is 3. The molecule has 0 unspecified atom stereocenters. The second-order valence-electron chi connectivity index (χ2n) is 6.26. The smallest absolute Gasteiger partial charge is 0.321 e. The lowest BCUT2D eigenvalue weighted by Crippen LogP contribution is -2.28. The summed E-state index contributed by atoms with van der Waals surface area (Å²) >= 11 is 0. The number of nitrogens with one attached hydrogen (secondary N) is 2. The lowest BCUT2D eigenvalue weighted by atomic mass is 10.1. The minimum absolute atomic E-state index is 0.109. The zero-order valence-electron chi connectivity index (χ0n) is 14.4. The standard InChI is InChI=1S/C20H19N3O3/c1-13-16-4-2-3-5-17(16)26-18(13)12-22-19(24)14-6-8-15(9-7-14)23-11-10-21-20(23)25/h2-9H,10-12H2,1H3,(H,21,25)(H,22,24). The number of carbonyl (C=O) groups is 2. The van der Waals surface area contributed by atoms with Crippen molar-refractivity contribution in [2.45, 2.75) is 13.5 Å². The summed E-state index contributed by atoms with van der Waals surface area (Å²) in [5.41, 5.74) is 3.19. The van der Waals surface area contributed by atoms with Crippen LogP contribution in [0.2, 0.25) is 0 Å². The summed E-state index contributed by atoms with van der Waals surface area (Å²) in [6.45, 7) is 3.59. The normalized spacial score (nSPS) is 13.9. The molecule has 132 valence electrons. The Balaban J connectivity index is 1.44. The van der Waals surface area contributed by atoms with Gasteiger partial charge in [0.1, 0.15) is 11.3 Å². The molecule has 1 aliphatic heterocycles. The van der Waals surface area contributed by atoms with Crippen molar-refractivity contribution in [1.29, 1.82) is 0 Å². The van der Waals surface area contributed by atoms with Crippen molar-refractivity contribution in [3.05, 3.63) is 65.4 Å². The van der Waals surface area contributed by atoms with Crippen LogP contribution >= 0.6 is 0 Å². The van der Waals surface area contributed by atoms with Crippen molar-refractivity contribution in [2.75, 3.05) is 18.0 Å². The van der Waals surface area contributed by atoms with E-state index in [1.807, 2.05) is 31.2 Å². The average molecular weight is 349 g/mol. The fourth-order valence-corrected chi connectivity index (χ4v) is 3.17. The third kappa shape index (κ3) is 2.90. The molecule has 2 aromatic carbocycles. The Labute approximate surface area is 150 Å². The minimum atomic E-state index is -0.178. The van der Waals surface area contributed by atoms with Crippen LogP contribution in [0.15, 0.2) is 52.9 Å². The van der Waals surface area contributed by atoms with Crippen molar-refractivity contribution in [3.8, 4) is 0 Å². The SMILES string of the molecule is Cc1c(CNC(=O)c2ccc(N3CCNC3=O)cc2)oc2ccccc12. The number of aryl methyl sites for hydroxylation is 1. The number of anilines is 1. The van der Waals surface area contributed by atoms with Gasteiger partial charge < -0.3 is 15.1 Å². The van der Waals surface area contributed by atoms with Gasteiger partial charge in [0.05, 0.1) is 6.54 Å². The van der Waals surface area contributed by atoms with Crippen molar-refractivity contribution >= 4 is 28.6 Å². The predicted molar refractivity (Wildman–Crippen MR) is 99.3 cm³/mol. The quantitative estimate of drug-likeness (QED) is 0.759. The molecule has 0 bridgehead atoms. The Morgan fingerprint density at radius 1 is 1.19 bits per heavy atom. The maximum absolute atomic E-state index is 12.4. The van der Waals surface area contributed by atoms with Gasteiger partial charge in [-0.3, -0.25) is 9.69 Å². The fourth-order valence-electron chi connectivity index (χ4n) is 3.17. The third-order valence-electron chi connectivity index (χ3n) is 4.65. The number of carbonyl (C=O) groups excluding carboxylic acids is 2. The molecule has 6 nitrogen and oxygen atoms in total. The number of furan rings is 1. The number of para-hydroxylation sites is 1. The number of rotatable bonds is 4. The molecule has 1 aromatic heterocycles. The monoisotopic (exact) mass is 349 g/mol. The molecule has 3 amide bonds. The second kappa shape index (κ2) is 6.55. The van der Waals surface area contributed by atoms with E-state index < -0.39 is 0 Å². The van der Waals surface area contributed by atoms with Crippen LogP contribution in [-0.4, -0.2) is 25.0 Å². The van der Waals surface area contributed by atoms with Crippen LogP contribution in [0.25, 0.3) is 11.0 Å². The van der Waals surface area contributed by atoms with E-state index in [1.54, 1.807) is 29.2 Å². The van der Waals surface area contributed by atoms with Gasteiger partial charge in [0.2, 0.25) is 0 Å². The van der Waals surface area contributed by atoms with Gasteiger partial charge >= 0.3 is 6.03 Å². The summed E-state index contributed by atoms with van der Waals surface area (Å²) < 4.78 is 5.82. The molecule has 1 saturated heterocycles. The Morgan fingerprint density at radius 2 is 1.96 bits per heavy atom. The zero-order valence-corrected chi connectivity index (χ0v) is 14.4. The molecular formula is C20H19N3O3. The molecule has 26 heavy (non-hydrogen) atoms. The molecule has 1 aliphatic rings. The maximum atomic E-state index is 12.4. The lowest BCUT2D eigenvalue weighted by Gasteiger charge is -2.14. The van der Waals surface area contributed by atoms with Gasteiger partial charge in [0.25, 0.3) is 5.91 Å². The van der Waals surface area contributed by atoms with Crippen LogP contribution in [-0.2, 0) is 6.54 Å². The topological polar surface area (TPSA) is 74.6 Å². The number of urea groups is 1. The van der Waals surface area contributed by atoms with Gasteiger partial charge in [0.15, 0.2) is 0 Å². The Morgan fingerprint density at radius 3 is 2.65 bits per heavy atom. The molecule has 6 heteroatoms. The van der Waals surface area contributed by atoms with Crippen LogP contribution < -0.4 is 15.5 Å². The first-order chi connectivity index (χ1) is 12.6. The highest BCUT2D eigenvalue weighted by Gasteiger charge is 2.21. The van der Waals surface area contributed by atoms with Crippen LogP contribution in [0.3, 0.4) is 0 Å². The van der Waals surface area contributed by atoms with E-state index in [0.717, 1.165) is 28.0 Å². The van der Waals surface area contributed by atoms with Crippen LogP contribution in [0.1, 0.15) is 21.7 Å². The van der Waals surface area contributed by atoms with Crippen LogP contribution in [0, 0.1) is 6.92 Å². The minimum Gasteiger partial charge on any atom is -0.459 e. The molecule has 4 rings (SSSR count). The molecule has 2 heterocycles. The first-order valence-electron chi connectivity index (χ1n) is 8.54. The highest BCUT2D eigenvalue weighted by molar-refractivity contribution is 5.97. The number of hydrogen-bond donors (Lipinski definition) is 2. The maximum Gasteiger partial charge on any atom is 0.321 e. The lowest BCUT2D eigenvalue weighted by molar-refractivity contribution is 0.0948. The number of amides is 3. The zero-order chi connectivity index (χ0) is 18.1. The Hall–Kier alpha value is -3.28. The van der Waals surface area contributed by atoms with Gasteiger partial charge in [-0.25, -0.2) is 4.79 Å². The second-order valence-corrected chi connectivity index (χ2v) is 6.26. The van der Waals surface area contributed by atoms with E-state index in [0.29, 0.717) is 25.2 Å². The fraction of sp³-hybridized carbons (Fsp3) is 0.200. The first-order valence-corrected chi connectivity index (χ1v) is 8.54. The largest absolute Gasteiger partial charge is 0.459 e.